The summed E-state index contributed by atoms with van der Waals surface area (Å²) in [5, 5.41) is 0. The van der Waals surface area contributed by atoms with Gasteiger partial charge in [-0.15, -0.1) is 0 Å². The van der Waals surface area contributed by atoms with Crippen LogP contribution in [0.1, 0.15) is 55.3 Å². The second-order valence-corrected chi connectivity index (χ2v) is 5.98. The van der Waals surface area contributed by atoms with Crippen molar-refractivity contribution in [2.45, 2.75) is 50.5 Å². The molecule has 2 aliphatic rings. The first-order chi connectivity index (χ1) is 9.33. The lowest BCUT2D eigenvalue weighted by molar-refractivity contribution is 0.0477. The Bertz CT molecular complexity index is 428. The molecule has 1 saturated heterocycles. The summed E-state index contributed by atoms with van der Waals surface area (Å²) in [6.45, 7) is 2.22. The molecule has 0 aromatic heterocycles. The average Bonchev–Trinajstić information content (AvgIpc) is 2.99. The number of hydrogen-bond acceptors (Lipinski definition) is 2. The number of benzene rings is 1. The number of piperidine rings is 1. The van der Waals surface area contributed by atoms with Crippen molar-refractivity contribution in [2.75, 3.05) is 13.1 Å². The summed E-state index contributed by atoms with van der Waals surface area (Å²) in [7, 11) is 0. The normalized spacial score (nSPS) is 23.4. The largest absolute Gasteiger partial charge is 0.292 e. The minimum atomic E-state index is -0.179. The quantitative estimate of drug-likeness (QED) is 0.770. The molecule has 0 bridgehead atoms. The van der Waals surface area contributed by atoms with Crippen LogP contribution < -0.4 is 0 Å². The van der Waals surface area contributed by atoms with E-state index in [4.69, 9.17) is 0 Å². The van der Waals surface area contributed by atoms with Gasteiger partial charge in [-0.05, 0) is 38.8 Å². The van der Waals surface area contributed by atoms with Crippen LogP contribution >= 0.6 is 0 Å². The van der Waals surface area contributed by atoms with Crippen LogP contribution in [0.5, 0.6) is 0 Å². The fraction of sp³-hybridized carbons (Fsp3) is 0.588. The number of Topliss-reactive ketones (excluding diaryl/α,β-unsaturated/α-hetero) is 1. The summed E-state index contributed by atoms with van der Waals surface area (Å²) in [4.78, 5) is 15.5. The molecule has 1 heterocycles. The van der Waals surface area contributed by atoms with E-state index in [1.54, 1.807) is 0 Å². The molecule has 0 spiro atoms. The number of likely N-dealkylation sites (tertiary alicyclic amines) is 1. The molecule has 1 aromatic rings. The van der Waals surface area contributed by atoms with Crippen molar-refractivity contribution in [1.29, 1.82) is 0 Å². The van der Waals surface area contributed by atoms with E-state index in [0.29, 0.717) is 5.78 Å². The van der Waals surface area contributed by atoms with E-state index in [1.165, 1.54) is 32.1 Å². The number of carbonyl (C=O) groups is 1. The molecule has 1 saturated carbocycles. The van der Waals surface area contributed by atoms with Crippen LogP contribution in [-0.4, -0.2) is 29.3 Å². The summed E-state index contributed by atoms with van der Waals surface area (Å²) in [5.41, 5.74) is 0.719. The van der Waals surface area contributed by atoms with E-state index in [2.05, 4.69) is 4.90 Å². The lowest BCUT2D eigenvalue weighted by atomic mass is 9.84. The van der Waals surface area contributed by atoms with Gasteiger partial charge in [-0.2, -0.15) is 0 Å². The molecule has 0 unspecified atom stereocenters. The van der Waals surface area contributed by atoms with Crippen LogP contribution in [0.25, 0.3) is 0 Å². The average molecular weight is 257 g/mol. The fourth-order valence-corrected chi connectivity index (χ4v) is 3.83. The van der Waals surface area contributed by atoms with E-state index < -0.39 is 0 Å². The van der Waals surface area contributed by atoms with Gasteiger partial charge >= 0.3 is 0 Å². The minimum absolute atomic E-state index is 0.179. The Hall–Kier alpha value is -1.15. The van der Waals surface area contributed by atoms with Crippen LogP contribution in [0.15, 0.2) is 30.3 Å². The van der Waals surface area contributed by atoms with Gasteiger partial charge in [0, 0.05) is 5.56 Å². The van der Waals surface area contributed by atoms with Gasteiger partial charge in [0.05, 0.1) is 5.54 Å². The van der Waals surface area contributed by atoms with Gasteiger partial charge in [-0.25, -0.2) is 0 Å². The predicted molar refractivity (Wildman–Crippen MR) is 77.4 cm³/mol. The van der Waals surface area contributed by atoms with Gasteiger partial charge in [0.2, 0.25) is 0 Å². The Morgan fingerprint density at radius 2 is 1.53 bits per heavy atom. The molecule has 3 rings (SSSR count). The molecule has 0 amide bonds. The fourth-order valence-electron chi connectivity index (χ4n) is 3.83. The summed E-state index contributed by atoms with van der Waals surface area (Å²) in [6, 6.07) is 9.90. The number of ketones is 1. The third kappa shape index (κ3) is 2.34. The zero-order chi connectivity index (χ0) is 13.1. The summed E-state index contributed by atoms with van der Waals surface area (Å²) < 4.78 is 0. The highest BCUT2D eigenvalue weighted by atomic mass is 16.1. The highest BCUT2D eigenvalue weighted by Crippen LogP contribution is 2.39. The van der Waals surface area contributed by atoms with E-state index in [9.17, 15) is 4.79 Å². The van der Waals surface area contributed by atoms with E-state index in [-0.39, 0.29) is 5.54 Å². The highest BCUT2D eigenvalue weighted by molar-refractivity contribution is 6.03. The van der Waals surface area contributed by atoms with Gasteiger partial charge in [0.25, 0.3) is 0 Å². The highest BCUT2D eigenvalue weighted by Gasteiger charge is 2.46. The minimum Gasteiger partial charge on any atom is -0.292 e. The Balaban J connectivity index is 1.89. The van der Waals surface area contributed by atoms with Crippen molar-refractivity contribution in [2.24, 2.45) is 0 Å². The zero-order valence-electron chi connectivity index (χ0n) is 11.6. The van der Waals surface area contributed by atoms with Gasteiger partial charge in [0.1, 0.15) is 0 Å². The van der Waals surface area contributed by atoms with Gasteiger partial charge in [0.15, 0.2) is 5.78 Å². The van der Waals surface area contributed by atoms with E-state index in [0.717, 1.165) is 31.5 Å². The van der Waals surface area contributed by atoms with Gasteiger partial charge < -0.3 is 0 Å². The molecule has 102 valence electrons. The first kappa shape index (κ1) is 12.9. The molecule has 0 atom stereocenters. The third-order valence-corrected chi connectivity index (χ3v) is 4.85. The number of hydrogen-bond donors (Lipinski definition) is 0. The maximum atomic E-state index is 13.0. The zero-order valence-corrected chi connectivity index (χ0v) is 11.6. The monoisotopic (exact) mass is 257 g/mol. The Kier molecular flexibility index (Phi) is 3.69. The predicted octanol–water partition coefficient (Wildman–Crippen LogP) is 3.67. The van der Waals surface area contributed by atoms with Crippen LogP contribution in [0.4, 0.5) is 0 Å². The molecule has 1 aliphatic carbocycles. The molecule has 2 nitrogen and oxygen atoms in total. The third-order valence-electron chi connectivity index (χ3n) is 4.85. The molecular weight excluding hydrogens is 234 g/mol. The second kappa shape index (κ2) is 5.46. The molecule has 19 heavy (non-hydrogen) atoms. The molecule has 2 fully saturated rings. The lowest BCUT2D eigenvalue weighted by Gasteiger charge is -2.42. The molecule has 0 radical (unpaired) electrons. The molecular formula is C17H23NO. The summed E-state index contributed by atoms with van der Waals surface area (Å²) in [5.74, 6) is 0.368. The van der Waals surface area contributed by atoms with Crippen molar-refractivity contribution in [3.8, 4) is 0 Å². The maximum absolute atomic E-state index is 13.0. The molecule has 1 aromatic carbocycles. The SMILES string of the molecule is O=C(c1ccccc1)C1(N2CCCCC2)CCCC1. The van der Waals surface area contributed by atoms with Crippen molar-refractivity contribution in [1.82, 2.24) is 4.90 Å². The van der Waals surface area contributed by atoms with Crippen LogP contribution in [0, 0.1) is 0 Å². The number of carbonyl (C=O) groups excluding carboxylic acids is 1. The molecule has 1 aliphatic heterocycles. The van der Waals surface area contributed by atoms with Crippen molar-refractivity contribution < 1.29 is 4.79 Å². The van der Waals surface area contributed by atoms with Crippen LogP contribution in [-0.2, 0) is 0 Å². The molecule has 2 heteroatoms. The van der Waals surface area contributed by atoms with Gasteiger partial charge in [-0.1, -0.05) is 49.6 Å². The van der Waals surface area contributed by atoms with Crippen molar-refractivity contribution in [3.05, 3.63) is 35.9 Å². The first-order valence-electron chi connectivity index (χ1n) is 7.68. The number of rotatable bonds is 3. The van der Waals surface area contributed by atoms with Crippen molar-refractivity contribution in [3.63, 3.8) is 0 Å². The Morgan fingerprint density at radius 3 is 2.16 bits per heavy atom. The lowest BCUT2D eigenvalue weighted by Crippen LogP contribution is -2.54. The Morgan fingerprint density at radius 1 is 0.895 bits per heavy atom. The standard InChI is InChI=1S/C17H23NO/c19-16(15-9-3-1-4-10-15)17(11-5-6-12-17)18-13-7-2-8-14-18/h1,3-4,9-10H,2,5-8,11-14H2. The van der Waals surface area contributed by atoms with Crippen LogP contribution in [0.3, 0.4) is 0 Å². The Labute approximate surface area is 115 Å². The first-order valence-corrected chi connectivity index (χ1v) is 7.68. The van der Waals surface area contributed by atoms with E-state index >= 15 is 0 Å². The summed E-state index contributed by atoms with van der Waals surface area (Å²) in [6.07, 6.45) is 8.35. The topological polar surface area (TPSA) is 20.3 Å². The maximum Gasteiger partial charge on any atom is 0.183 e. The summed E-state index contributed by atoms with van der Waals surface area (Å²) >= 11 is 0. The smallest absolute Gasteiger partial charge is 0.183 e. The second-order valence-electron chi connectivity index (χ2n) is 5.98. The van der Waals surface area contributed by atoms with Gasteiger partial charge in [-0.3, -0.25) is 9.69 Å². The van der Waals surface area contributed by atoms with E-state index in [1.807, 2.05) is 30.3 Å². The van der Waals surface area contributed by atoms with Crippen LogP contribution in [0.2, 0.25) is 0 Å². The molecule has 0 N–H and O–H groups in total. The van der Waals surface area contributed by atoms with Crippen molar-refractivity contribution >= 4 is 5.78 Å². The number of nitrogens with zero attached hydrogens (tertiary/aromatic N) is 1.